The molecular weight excluding hydrogens is 272 g/mol. The fraction of sp³-hybridized carbons (Fsp3) is 0.556. The van der Waals surface area contributed by atoms with Crippen LogP contribution in [0.4, 0.5) is 0 Å². The van der Waals surface area contributed by atoms with E-state index in [-0.39, 0.29) is 0 Å². The average Bonchev–Trinajstić information content (AvgIpc) is 3.39. The SMILES string of the molecule is C=Cc1ccccc1[C]12[CH]3[CH]4[CH]5[CH]1[Fe]45321678[CH]2[CH]1[CH]6[CH]7[CH]28. The van der Waals surface area contributed by atoms with Crippen molar-refractivity contribution in [2.45, 2.75) is 47.7 Å². The van der Waals surface area contributed by atoms with Gasteiger partial charge in [-0.2, -0.15) is 0 Å². The number of benzene rings is 1. The van der Waals surface area contributed by atoms with Crippen LogP contribution in [0.15, 0.2) is 30.8 Å². The van der Waals surface area contributed by atoms with Gasteiger partial charge in [-0.1, -0.05) is 0 Å². The molecule has 4 atom stereocenters. The van der Waals surface area contributed by atoms with Crippen LogP contribution in [-0.2, 0) is 10.8 Å². The molecule has 0 saturated carbocycles. The van der Waals surface area contributed by atoms with Crippen molar-refractivity contribution in [1.82, 2.24) is 0 Å². The van der Waals surface area contributed by atoms with E-state index in [1.807, 2.05) is 5.56 Å². The molecule has 0 bridgehead atoms. The number of rotatable bonds is 2. The Morgan fingerprint density at radius 3 is 1.89 bits per heavy atom. The van der Waals surface area contributed by atoms with Crippen molar-refractivity contribution in [2.75, 3.05) is 0 Å². The van der Waals surface area contributed by atoms with Crippen molar-refractivity contribution in [3.05, 3.63) is 42.0 Å². The Labute approximate surface area is 102 Å². The molecule has 1 aromatic rings. The molecule has 1 aromatic carbocycles. The van der Waals surface area contributed by atoms with Crippen molar-refractivity contribution >= 4 is 6.08 Å². The molecule has 10 saturated heterocycles. The van der Waals surface area contributed by atoms with Crippen molar-refractivity contribution in [3.63, 3.8) is 0 Å². The van der Waals surface area contributed by atoms with Gasteiger partial charge >= 0.3 is 102 Å². The summed E-state index contributed by atoms with van der Waals surface area (Å²) in [4.78, 5) is 12.8. The number of hydrogen-bond acceptors (Lipinski definition) is 0. The zero-order valence-electron chi connectivity index (χ0n) is 10.6. The van der Waals surface area contributed by atoms with Crippen LogP contribution >= 0.6 is 0 Å². The van der Waals surface area contributed by atoms with E-state index < -0.39 is 6.51 Å². The van der Waals surface area contributed by atoms with Crippen molar-refractivity contribution in [3.8, 4) is 0 Å². The van der Waals surface area contributed by atoms with Crippen LogP contribution in [0.2, 0.25) is 43.3 Å². The van der Waals surface area contributed by atoms with Crippen LogP contribution in [0.25, 0.3) is 6.08 Å². The summed E-state index contributed by atoms with van der Waals surface area (Å²) in [5.41, 5.74) is 3.37. The van der Waals surface area contributed by atoms with Crippen LogP contribution in [0.5, 0.6) is 0 Å². The van der Waals surface area contributed by atoms with Gasteiger partial charge in [-0.25, -0.2) is 0 Å². The number of fused-ring (bicyclic) bond motifs is 10. The molecule has 10 heterocycles. The molecule has 0 aliphatic carbocycles. The van der Waals surface area contributed by atoms with E-state index in [0.717, 1.165) is 4.31 Å². The van der Waals surface area contributed by atoms with Gasteiger partial charge in [-0.05, 0) is 0 Å². The van der Waals surface area contributed by atoms with Crippen LogP contribution < -0.4 is 0 Å². The van der Waals surface area contributed by atoms with Crippen LogP contribution in [-0.4, -0.2) is 0 Å². The Morgan fingerprint density at radius 1 is 0.895 bits per heavy atom. The summed E-state index contributed by atoms with van der Waals surface area (Å²) in [5, 5.41) is 0. The summed E-state index contributed by atoms with van der Waals surface area (Å²) < 4.78 is 0.907. The van der Waals surface area contributed by atoms with Gasteiger partial charge in [-0.3, -0.25) is 0 Å². The molecule has 0 radical (unpaired) electrons. The predicted molar refractivity (Wildman–Crippen MR) is 72.0 cm³/mol. The molecule has 10 aliphatic rings. The minimum absolute atomic E-state index is 0.907. The van der Waals surface area contributed by atoms with E-state index >= 15 is 0 Å². The normalized spacial score (nSPS) is 107. The molecule has 11 rings (SSSR count). The van der Waals surface area contributed by atoms with Gasteiger partial charge < -0.3 is 0 Å². The maximum absolute atomic E-state index is 4.13. The van der Waals surface area contributed by atoms with Gasteiger partial charge in [-0.15, -0.1) is 0 Å². The second-order valence-electron chi connectivity index (χ2n) is 11.5. The average molecular weight is 288 g/mol. The number of hydrogen-bond donors (Lipinski definition) is 0. The molecule has 10 aliphatic heterocycles. The van der Waals surface area contributed by atoms with Crippen LogP contribution in [0.3, 0.4) is 0 Å². The van der Waals surface area contributed by atoms with E-state index in [9.17, 15) is 0 Å². The predicted octanol–water partition coefficient (Wildman–Crippen LogP) is 5.13. The molecule has 0 N–H and O–H groups in total. The third kappa shape index (κ3) is 0.0782. The molecule has 10 fully saturated rings. The Hall–Kier alpha value is -0.521. The van der Waals surface area contributed by atoms with Crippen LogP contribution in [0, 0.1) is 0 Å². The standard InChI is InChI=1S/C13H11.C5H5.Fe/c1-2-11-7-5-6-10-13(11)12-8-3-4-9-12;1-2-4-5-3-1;/h2-10H,1H2;1-5H;. The second kappa shape index (κ2) is 0.606. The monoisotopic (exact) mass is 288 g/mol. The Morgan fingerprint density at radius 2 is 1.47 bits per heavy atom. The molecule has 0 aromatic heterocycles. The van der Waals surface area contributed by atoms with E-state index in [0.29, 0.717) is 0 Å². The fourth-order valence-corrected chi connectivity index (χ4v) is 92.1. The van der Waals surface area contributed by atoms with Gasteiger partial charge in [0.15, 0.2) is 0 Å². The minimum atomic E-state index is -2.93. The first kappa shape index (κ1) is 6.96. The van der Waals surface area contributed by atoms with Crippen molar-refractivity contribution in [2.24, 2.45) is 0 Å². The zero-order chi connectivity index (χ0) is 11.7. The Balaban J connectivity index is 1.55. The van der Waals surface area contributed by atoms with Crippen molar-refractivity contribution in [1.29, 1.82) is 0 Å². The second-order valence-corrected chi connectivity index (χ2v) is 35.0. The molecule has 0 nitrogen and oxygen atoms in total. The van der Waals surface area contributed by atoms with Gasteiger partial charge in [0, 0.05) is 0 Å². The summed E-state index contributed by atoms with van der Waals surface area (Å²) in [6.07, 6.45) is 2.17. The molecule has 96 valence electrons. The molecule has 19 heavy (non-hydrogen) atoms. The molecule has 0 amide bonds. The van der Waals surface area contributed by atoms with E-state index in [1.54, 1.807) is 0 Å². The molecule has 1 heteroatoms. The summed E-state index contributed by atoms with van der Waals surface area (Å²) in [5.74, 6) is 0. The molecule has 4 unspecified atom stereocenters. The third-order valence-electron chi connectivity index (χ3n) is 16.3. The van der Waals surface area contributed by atoms with E-state index in [2.05, 4.69) is 36.9 Å². The van der Waals surface area contributed by atoms with Gasteiger partial charge in [0.2, 0.25) is 0 Å². The van der Waals surface area contributed by atoms with E-state index in [4.69, 9.17) is 0 Å². The summed E-state index contributed by atoms with van der Waals surface area (Å²) in [7, 11) is 0. The first-order valence-corrected chi connectivity index (χ1v) is 14.3. The van der Waals surface area contributed by atoms with Gasteiger partial charge in [0.05, 0.1) is 0 Å². The zero-order valence-corrected chi connectivity index (χ0v) is 11.7. The first-order chi connectivity index (χ1) is 9.10. The first-order valence-electron chi connectivity index (χ1n) is 8.03. The topological polar surface area (TPSA) is 0 Å². The molecule has 1 spiro atoms. The van der Waals surface area contributed by atoms with E-state index in [1.165, 1.54) is 48.9 Å². The third-order valence-corrected chi connectivity index (χ3v) is 58.6. The fourth-order valence-electron chi connectivity index (χ4n) is 17.9. The quantitative estimate of drug-likeness (QED) is 0.662. The summed E-state index contributed by atoms with van der Waals surface area (Å²) >= 11 is 0. The van der Waals surface area contributed by atoms with Crippen LogP contribution in [0.1, 0.15) is 11.1 Å². The Kier molecular flexibility index (Phi) is 0.222. The van der Waals surface area contributed by atoms with Crippen molar-refractivity contribution < 1.29 is 6.51 Å². The Bertz CT molecular complexity index is 1130. The van der Waals surface area contributed by atoms with Gasteiger partial charge in [0.1, 0.15) is 0 Å². The molecular formula is C18H16Fe. The van der Waals surface area contributed by atoms with Gasteiger partial charge in [0.25, 0.3) is 0 Å². The maximum atomic E-state index is 4.13. The summed E-state index contributed by atoms with van der Waals surface area (Å²) in [6, 6.07) is 9.45. The summed E-state index contributed by atoms with van der Waals surface area (Å²) in [6.45, 7) is 1.20.